The van der Waals surface area contributed by atoms with Gasteiger partial charge in [0.25, 0.3) is 0 Å². The lowest BCUT2D eigenvalue weighted by Gasteiger charge is -2.31. The quantitative estimate of drug-likeness (QED) is 0.811. The van der Waals surface area contributed by atoms with Crippen molar-refractivity contribution >= 4 is 10.0 Å². The van der Waals surface area contributed by atoms with Gasteiger partial charge in [-0.15, -0.1) is 0 Å². The van der Waals surface area contributed by atoms with Crippen LogP contribution in [0.15, 0.2) is 33.6 Å². The van der Waals surface area contributed by atoms with Crippen LogP contribution in [0.5, 0.6) is 0 Å². The van der Waals surface area contributed by atoms with Gasteiger partial charge in [0.05, 0.1) is 0 Å². The maximum absolute atomic E-state index is 13.7. The van der Waals surface area contributed by atoms with Crippen molar-refractivity contribution in [1.82, 2.24) is 9.62 Å². The second kappa shape index (κ2) is 8.08. The van der Waals surface area contributed by atoms with Crippen LogP contribution in [0.4, 0.5) is 8.78 Å². The van der Waals surface area contributed by atoms with Crippen LogP contribution in [-0.2, 0) is 16.6 Å². The molecule has 0 unspecified atom stereocenters. The van der Waals surface area contributed by atoms with Crippen LogP contribution in [0.2, 0.25) is 0 Å². The minimum atomic E-state index is -3.99. The number of sulfonamides is 1. The SMILES string of the molecule is Cc1cc(CN2CCC(CNS(=O)(=O)c3ccc(F)cc3F)CC2)c(C)o1. The number of likely N-dealkylation sites (tertiary alicyclic amines) is 1. The summed E-state index contributed by atoms with van der Waals surface area (Å²) < 4.78 is 59.2. The van der Waals surface area contributed by atoms with Crippen molar-refractivity contribution in [2.45, 2.75) is 38.1 Å². The third-order valence-electron chi connectivity index (χ3n) is 4.99. The molecule has 1 aromatic carbocycles. The van der Waals surface area contributed by atoms with E-state index in [2.05, 4.69) is 9.62 Å². The van der Waals surface area contributed by atoms with Crippen LogP contribution in [0, 0.1) is 31.4 Å². The van der Waals surface area contributed by atoms with Crippen molar-refractivity contribution in [2.24, 2.45) is 5.92 Å². The summed E-state index contributed by atoms with van der Waals surface area (Å²) >= 11 is 0. The van der Waals surface area contributed by atoms with E-state index in [0.29, 0.717) is 6.07 Å². The minimum Gasteiger partial charge on any atom is -0.466 e. The Hall–Kier alpha value is -1.77. The molecule has 1 aliphatic heterocycles. The Bertz CT molecular complexity index is 904. The maximum Gasteiger partial charge on any atom is 0.243 e. The second-order valence-corrected chi connectivity index (χ2v) is 8.82. The molecule has 27 heavy (non-hydrogen) atoms. The summed E-state index contributed by atoms with van der Waals surface area (Å²) in [5.41, 5.74) is 1.18. The summed E-state index contributed by atoms with van der Waals surface area (Å²) in [5.74, 6) is 0.139. The zero-order valence-electron chi connectivity index (χ0n) is 15.5. The number of hydrogen-bond donors (Lipinski definition) is 1. The predicted octanol–water partition coefficient (Wildman–Crippen LogP) is 3.37. The molecule has 0 bridgehead atoms. The summed E-state index contributed by atoms with van der Waals surface area (Å²) in [6.07, 6.45) is 1.70. The smallest absolute Gasteiger partial charge is 0.243 e. The van der Waals surface area contributed by atoms with Gasteiger partial charge in [0.2, 0.25) is 10.0 Å². The van der Waals surface area contributed by atoms with Crippen LogP contribution in [0.25, 0.3) is 0 Å². The van der Waals surface area contributed by atoms with Gasteiger partial charge in [0.1, 0.15) is 28.1 Å². The molecular weight excluding hydrogens is 374 g/mol. The number of piperidine rings is 1. The normalized spacial score (nSPS) is 16.7. The van der Waals surface area contributed by atoms with Crippen LogP contribution < -0.4 is 4.72 Å². The second-order valence-electron chi connectivity index (χ2n) is 7.08. The topological polar surface area (TPSA) is 62.6 Å². The van der Waals surface area contributed by atoms with E-state index in [4.69, 9.17) is 4.42 Å². The molecule has 2 aromatic rings. The fourth-order valence-corrected chi connectivity index (χ4v) is 4.60. The van der Waals surface area contributed by atoms with E-state index in [1.807, 2.05) is 19.9 Å². The van der Waals surface area contributed by atoms with Crippen molar-refractivity contribution in [3.05, 3.63) is 53.0 Å². The zero-order valence-corrected chi connectivity index (χ0v) is 16.3. The molecule has 3 rings (SSSR count). The van der Waals surface area contributed by atoms with Gasteiger partial charge in [-0.2, -0.15) is 0 Å². The van der Waals surface area contributed by atoms with Crippen molar-refractivity contribution in [1.29, 1.82) is 0 Å². The van der Waals surface area contributed by atoms with Crippen molar-refractivity contribution in [2.75, 3.05) is 19.6 Å². The summed E-state index contributed by atoms with van der Waals surface area (Å²) in [5, 5.41) is 0. The molecule has 0 radical (unpaired) electrons. The Labute approximate surface area is 158 Å². The van der Waals surface area contributed by atoms with Gasteiger partial charge in [0, 0.05) is 24.7 Å². The van der Waals surface area contributed by atoms with E-state index in [1.165, 1.54) is 5.56 Å². The fourth-order valence-electron chi connectivity index (χ4n) is 3.43. The highest BCUT2D eigenvalue weighted by molar-refractivity contribution is 7.89. The first-order chi connectivity index (χ1) is 12.7. The predicted molar refractivity (Wildman–Crippen MR) is 97.7 cm³/mol. The van der Waals surface area contributed by atoms with E-state index in [-0.39, 0.29) is 12.5 Å². The van der Waals surface area contributed by atoms with E-state index >= 15 is 0 Å². The van der Waals surface area contributed by atoms with Crippen molar-refractivity contribution in [3.8, 4) is 0 Å². The lowest BCUT2D eigenvalue weighted by molar-refractivity contribution is 0.178. The van der Waals surface area contributed by atoms with E-state index < -0.39 is 26.6 Å². The Morgan fingerprint density at radius 2 is 1.89 bits per heavy atom. The van der Waals surface area contributed by atoms with Gasteiger partial charge < -0.3 is 4.42 Å². The molecule has 1 aliphatic rings. The van der Waals surface area contributed by atoms with E-state index in [0.717, 1.165) is 56.1 Å². The average molecular weight is 398 g/mol. The number of benzene rings is 1. The molecule has 0 amide bonds. The maximum atomic E-state index is 13.7. The minimum absolute atomic E-state index is 0.187. The highest BCUT2D eigenvalue weighted by atomic mass is 32.2. The summed E-state index contributed by atoms with van der Waals surface area (Å²) in [6.45, 7) is 6.68. The first-order valence-corrected chi connectivity index (χ1v) is 10.5. The van der Waals surface area contributed by atoms with Gasteiger partial charge in [-0.05, 0) is 63.9 Å². The zero-order chi connectivity index (χ0) is 19.6. The summed E-state index contributed by atoms with van der Waals surface area (Å²) in [4.78, 5) is 1.80. The first kappa shape index (κ1) is 20.0. The van der Waals surface area contributed by atoms with Crippen LogP contribution in [0.1, 0.15) is 29.9 Å². The van der Waals surface area contributed by atoms with Gasteiger partial charge >= 0.3 is 0 Å². The Kier molecular flexibility index (Phi) is 5.98. The number of hydrogen-bond acceptors (Lipinski definition) is 4. The van der Waals surface area contributed by atoms with Gasteiger partial charge in [0.15, 0.2) is 0 Å². The molecule has 1 N–H and O–H groups in total. The van der Waals surface area contributed by atoms with Crippen molar-refractivity contribution < 1.29 is 21.6 Å². The van der Waals surface area contributed by atoms with Crippen molar-refractivity contribution in [3.63, 3.8) is 0 Å². The highest BCUT2D eigenvalue weighted by Gasteiger charge is 2.24. The Balaban J connectivity index is 1.51. The van der Waals surface area contributed by atoms with Gasteiger partial charge in [-0.25, -0.2) is 21.9 Å². The molecule has 0 spiro atoms. The number of halogens is 2. The standard InChI is InChI=1S/C19H24F2N2O3S/c1-13-9-16(14(2)26-13)12-23-7-5-15(6-8-23)11-22-27(24,25)19-4-3-17(20)10-18(19)21/h3-4,9-10,15,22H,5-8,11-12H2,1-2H3. The largest absolute Gasteiger partial charge is 0.466 e. The number of furan rings is 1. The monoisotopic (exact) mass is 398 g/mol. The Morgan fingerprint density at radius 3 is 2.48 bits per heavy atom. The third-order valence-corrected chi connectivity index (χ3v) is 6.45. The number of rotatable bonds is 6. The molecule has 0 atom stereocenters. The molecule has 148 valence electrons. The van der Waals surface area contributed by atoms with Crippen LogP contribution in [0.3, 0.4) is 0 Å². The number of nitrogens with zero attached hydrogens (tertiary/aromatic N) is 1. The highest BCUT2D eigenvalue weighted by Crippen LogP contribution is 2.22. The molecule has 5 nitrogen and oxygen atoms in total. The Morgan fingerprint density at radius 1 is 1.19 bits per heavy atom. The molecule has 1 aromatic heterocycles. The summed E-state index contributed by atoms with van der Waals surface area (Å²) in [7, 11) is -3.99. The molecule has 0 aliphatic carbocycles. The molecule has 8 heteroatoms. The average Bonchev–Trinajstić information content (AvgIpc) is 2.91. The molecule has 2 heterocycles. The molecule has 1 fully saturated rings. The molecular formula is C19H24F2N2O3S. The third kappa shape index (κ3) is 4.94. The summed E-state index contributed by atoms with van der Waals surface area (Å²) in [6, 6.07) is 4.51. The van der Waals surface area contributed by atoms with Crippen LogP contribution in [-0.4, -0.2) is 33.0 Å². The lowest BCUT2D eigenvalue weighted by Crippen LogP contribution is -2.38. The lowest BCUT2D eigenvalue weighted by atomic mass is 9.97. The fraction of sp³-hybridized carbons (Fsp3) is 0.474. The number of aryl methyl sites for hydroxylation is 2. The molecule has 0 saturated carbocycles. The molecule has 1 saturated heterocycles. The van der Waals surface area contributed by atoms with Gasteiger partial charge in [-0.3, -0.25) is 4.90 Å². The van der Waals surface area contributed by atoms with Crippen LogP contribution >= 0.6 is 0 Å². The first-order valence-electron chi connectivity index (χ1n) is 8.97. The van der Waals surface area contributed by atoms with E-state index in [9.17, 15) is 17.2 Å². The van der Waals surface area contributed by atoms with Gasteiger partial charge in [-0.1, -0.05) is 0 Å². The number of nitrogens with one attached hydrogen (secondary N) is 1. The van der Waals surface area contributed by atoms with E-state index in [1.54, 1.807) is 0 Å².